The number of nitrogens with one attached hydrogen (secondary N) is 2. The van der Waals surface area contributed by atoms with Gasteiger partial charge >= 0.3 is 5.97 Å². The fourth-order valence-electron chi connectivity index (χ4n) is 2.65. The van der Waals surface area contributed by atoms with E-state index < -0.39 is 5.97 Å². The van der Waals surface area contributed by atoms with Crippen LogP contribution in [0.25, 0.3) is 0 Å². The highest BCUT2D eigenvalue weighted by Gasteiger charge is 2.18. The second-order valence-electron chi connectivity index (χ2n) is 5.87. The smallest absolute Gasteiger partial charge is 0.338 e. The molecule has 2 heterocycles. The number of hydrogen-bond donors (Lipinski definition) is 2. The Hall–Kier alpha value is -2.06. The highest BCUT2D eigenvalue weighted by atomic mass is 32.2. The van der Waals surface area contributed by atoms with Crippen molar-refractivity contribution in [2.75, 3.05) is 30.8 Å². The summed E-state index contributed by atoms with van der Waals surface area (Å²) >= 11 is 1.56. The van der Waals surface area contributed by atoms with Gasteiger partial charge in [0.25, 0.3) is 5.91 Å². The second-order valence-corrected chi connectivity index (χ2v) is 7.01. The molecule has 0 saturated carbocycles. The van der Waals surface area contributed by atoms with Crippen LogP contribution in [0.2, 0.25) is 0 Å². The van der Waals surface area contributed by atoms with Crippen LogP contribution in [0.15, 0.2) is 23.1 Å². The normalized spacial score (nSPS) is 19.5. The predicted octanol–water partition coefficient (Wildman–Crippen LogP) is 1.57. The summed E-state index contributed by atoms with van der Waals surface area (Å²) in [4.78, 5) is 36.4. The number of carbonyl (C=O) groups is 3. The van der Waals surface area contributed by atoms with E-state index in [2.05, 4.69) is 10.6 Å². The molecular weight excluding hydrogens is 344 g/mol. The van der Waals surface area contributed by atoms with E-state index in [4.69, 9.17) is 9.47 Å². The van der Waals surface area contributed by atoms with Crippen molar-refractivity contribution in [1.82, 2.24) is 5.32 Å². The predicted molar refractivity (Wildman–Crippen MR) is 92.7 cm³/mol. The highest BCUT2D eigenvalue weighted by molar-refractivity contribution is 7.99. The third-order valence-corrected chi connectivity index (χ3v) is 5.04. The first-order valence-electron chi connectivity index (χ1n) is 8.24. The number of fused-ring (bicyclic) bond motifs is 1. The first-order chi connectivity index (χ1) is 12.1. The number of ether oxygens (including phenoxy) is 2. The number of carbonyl (C=O) groups excluding carboxylic acids is 3. The summed E-state index contributed by atoms with van der Waals surface area (Å²) in [5.41, 5.74) is 0.901. The number of thioether (sulfide) groups is 1. The van der Waals surface area contributed by atoms with Crippen LogP contribution in [-0.4, -0.2) is 49.4 Å². The molecule has 2 N–H and O–H groups in total. The van der Waals surface area contributed by atoms with E-state index in [-0.39, 0.29) is 24.5 Å². The van der Waals surface area contributed by atoms with Crippen molar-refractivity contribution in [3.8, 4) is 0 Å². The number of esters is 1. The molecule has 2 aliphatic rings. The van der Waals surface area contributed by atoms with Crippen LogP contribution in [0.1, 0.15) is 29.6 Å². The molecule has 2 amide bonds. The minimum absolute atomic E-state index is 0.0466. The van der Waals surface area contributed by atoms with Gasteiger partial charge in [-0.1, -0.05) is 0 Å². The average Bonchev–Trinajstić information content (AvgIpc) is 3.05. The van der Waals surface area contributed by atoms with Crippen LogP contribution in [0, 0.1) is 0 Å². The lowest BCUT2D eigenvalue weighted by Gasteiger charge is -2.11. The Morgan fingerprint density at radius 3 is 3.08 bits per heavy atom. The Morgan fingerprint density at radius 1 is 1.40 bits per heavy atom. The van der Waals surface area contributed by atoms with Gasteiger partial charge in [0.1, 0.15) is 0 Å². The number of anilines is 1. The summed E-state index contributed by atoms with van der Waals surface area (Å²) in [5, 5.41) is 5.47. The summed E-state index contributed by atoms with van der Waals surface area (Å²) in [6.45, 7) is 0.810. The van der Waals surface area contributed by atoms with Gasteiger partial charge in [0.2, 0.25) is 5.91 Å². The Bertz CT molecular complexity index is 673. The Balaban J connectivity index is 1.51. The van der Waals surface area contributed by atoms with Gasteiger partial charge in [-0.2, -0.15) is 0 Å². The van der Waals surface area contributed by atoms with Crippen LogP contribution in [0.5, 0.6) is 0 Å². The number of benzene rings is 1. The molecule has 1 atom stereocenters. The van der Waals surface area contributed by atoms with Gasteiger partial charge in [-0.05, 0) is 31.0 Å². The Morgan fingerprint density at radius 2 is 2.28 bits per heavy atom. The molecule has 1 aromatic rings. The Labute approximate surface area is 149 Å². The van der Waals surface area contributed by atoms with Gasteiger partial charge in [-0.25, -0.2) is 4.79 Å². The molecule has 0 spiro atoms. The maximum Gasteiger partial charge on any atom is 0.338 e. The van der Waals surface area contributed by atoms with E-state index in [1.165, 1.54) is 0 Å². The van der Waals surface area contributed by atoms with Crippen LogP contribution in [-0.2, 0) is 19.1 Å². The first-order valence-corrected chi connectivity index (χ1v) is 9.22. The fourth-order valence-corrected chi connectivity index (χ4v) is 3.58. The monoisotopic (exact) mass is 364 g/mol. The van der Waals surface area contributed by atoms with E-state index >= 15 is 0 Å². The molecule has 0 radical (unpaired) electrons. The van der Waals surface area contributed by atoms with Gasteiger partial charge in [-0.15, -0.1) is 11.8 Å². The third kappa shape index (κ3) is 4.96. The van der Waals surface area contributed by atoms with Crippen molar-refractivity contribution in [3.63, 3.8) is 0 Å². The van der Waals surface area contributed by atoms with Gasteiger partial charge in [0.15, 0.2) is 6.61 Å². The summed E-state index contributed by atoms with van der Waals surface area (Å²) in [6.07, 6.45) is 2.41. The highest BCUT2D eigenvalue weighted by Crippen LogP contribution is 2.31. The molecule has 0 bridgehead atoms. The largest absolute Gasteiger partial charge is 0.452 e. The molecule has 1 saturated heterocycles. The molecule has 1 aromatic carbocycles. The number of rotatable bonds is 5. The van der Waals surface area contributed by atoms with Crippen molar-refractivity contribution in [2.24, 2.45) is 0 Å². The van der Waals surface area contributed by atoms with Gasteiger partial charge in [-0.3, -0.25) is 9.59 Å². The van der Waals surface area contributed by atoms with Crippen molar-refractivity contribution in [1.29, 1.82) is 0 Å². The lowest BCUT2D eigenvalue weighted by Crippen LogP contribution is -2.34. The topological polar surface area (TPSA) is 93.7 Å². The molecule has 3 rings (SSSR count). The lowest BCUT2D eigenvalue weighted by molar-refractivity contribution is -0.124. The van der Waals surface area contributed by atoms with Crippen LogP contribution >= 0.6 is 11.8 Å². The van der Waals surface area contributed by atoms with Crippen molar-refractivity contribution >= 4 is 35.2 Å². The molecule has 0 aliphatic carbocycles. The van der Waals surface area contributed by atoms with E-state index in [9.17, 15) is 14.4 Å². The summed E-state index contributed by atoms with van der Waals surface area (Å²) in [5.74, 6) is -0.334. The number of hydrogen-bond acceptors (Lipinski definition) is 6. The lowest BCUT2D eigenvalue weighted by atomic mass is 10.2. The zero-order valence-electron chi connectivity index (χ0n) is 13.7. The van der Waals surface area contributed by atoms with Gasteiger partial charge < -0.3 is 20.1 Å². The summed E-state index contributed by atoms with van der Waals surface area (Å²) in [7, 11) is 0. The van der Waals surface area contributed by atoms with Gasteiger partial charge in [0, 0.05) is 30.2 Å². The molecular formula is C17H20N2O5S. The van der Waals surface area contributed by atoms with E-state index in [0.717, 1.165) is 24.3 Å². The number of amides is 2. The molecule has 134 valence electrons. The second kappa shape index (κ2) is 8.35. The zero-order chi connectivity index (χ0) is 17.6. The maximum absolute atomic E-state index is 12.1. The average molecular weight is 364 g/mol. The van der Waals surface area contributed by atoms with Crippen LogP contribution in [0.4, 0.5) is 5.69 Å². The van der Waals surface area contributed by atoms with Crippen molar-refractivity contribution in [3.05, 3.63) is 23.8 Å². The maximum atomic E-state index is 12.1. The molecule has 2 aliphatic heterocycles. The molecule has 0 aromatic heterocycles. The van der Waals surface area contributed by atoms with Crippen LogP contribution < -0.4 is 10.6 Å². The first kappa shape index (κ1) is 17.8. The zero-order valence-corrected chi connectivity index (χ0v) is 14.5. The van der Waals surface area contributed by atoms with Gasteiger partial charge in [0.05, 0.1) is 17.4 Å². The van der Waals surface area contributed by atoms with E-state index in [1.54, 1.807) is 30.0 Å². The van der Waals surface area contributed by atoms with Crippen molar-refractivity contribution in [2.45, 2.75) is 30.3 Å². The summed E-state index contributed by atoms with van der Waals surface area (Å²) < 4.78 is 10.5. The SMILES string of the molecule is O=C(COC(=O)c1ccc2c(c1)NC(=O)CCS2)NC[C@@H]1CCCO1. The fraction of sp³-hybridized carbons (Fsp3) is 0.471. The van der Waals surface area contributed by atoms with E-state index in [0.29, 0.717) is 30.0 Å². The molecule has 8 heteroatoms. The Kier molecular flexibility index (Phi) is 5.93. The van der Waals surface area contributed by atoms with Crippen LogP contribution in [0.3, 0.4) is 0 Å². The third-order valence-electron chi connectivity index (χ3n) is 3.96. The standard InChI is InChI=1S/C17H20N2O5S/c20-15-5-7-25-14-4-3-11(8-13(14)19-15)17(22)24-10-16(21)18-9-12-2-1-6-23-12/h3-4,8,12H,1-2,5-7,9-10H2,(H,18,21)(H,19,20)/t12-/m0/s1. The molecule has 25 heavy (non-hydrogen) atoms. The quantitative estimate of drug-likeness (QED) is 0.771. The van der Waals surface area contributed by atoms with Crippen molar-refractivity contribution < 1.29 is 23.9 Å². The molecule has 1 fully saturated rings. The van der Waals surface area contributed by atoms with E-state index in [1.807, 2.05) is 0 Å². The minimum Gasteiger partial charge on any atom is -0.452 e. The summed E-state index contributed by atoms with van der Waals surface area (Å²) in [6, 6.07) is 4.99. The minimum atomic E-state index is -0.599. The molecule has 0 unspecified atom stereocenters. The molecule has 7 nitrogen and oxygen atoms in total.